The van der Waals surface area contributed by atoms with Crippen LogP contribution in [0.1, 0.15) is 20.7 Å². The van der Waals surface area contributed by atoms with Crippen LogP contribution in [0.15, 0.2) is 24.3 Å². The van der Waals surface area contributed by atoms with Crippen LogP contribution >= 0.6 is 0 Å². The number of fused-ring (bicyclic) bond motifs is 1. The van der Waals surface area contributed by atoms with Gasteiger partial charge in [0, 0.05) is 39.3 Å². The molecule has 1 aromatic carbocycles. The molecule has 2 heterocycles. The first-order valence-corrected chi connectivity index (χ1v) is 10.5. The Morgan fingerprint density at radius 2 is 1.59 bits per heavy atom. The van der Waals surface area contributed by atoms with Crippen LogP contribution in [0, 0.1) is 0 Å². The fourth-order valence-electron chi connectivity index (χ4n) is 3.22. The van der Waals surface area contributed by atoms with Gasteiger partial charge in [-0.05, 0) is 12.1 Å². The topological polar surface area (TPSA) is 107 Å². The molecule has 27 heavy (non-hydrogen) atoms. The van der Waals surface area contributed by atoms with E-state index in [4.69, 9.17) is 0 Å². The lowest BCUT2D eigenvalue weighted by Gasteiger charge is -2.33. The fraction of sp³-hybridized carbons (Fsp3) is 0.471. The third-order valence-corrected chi connectivity index (χ3v) is 6.03. The number of carbonyl (C=O) groups is 3. The highest BCUT2D eigenvalue weighted by molar-refractivity contribution is 7.88. The van der Waals surface area contributed by atoms with E-state index in [2.05, 4.69) is 10.2 Å². The van der Waals surface area contributed by atoms with Gasteiger partial charge in [-0.2, -0.15) is 4.31 Å². The Kier molecular flexibility index (Phi) is 5.59. The van der Waals surface area contributed by atoms with Crippen molar-refractivity contribution in [3.8, 4) is 0 Å². The number of piperazine rings is 1. The number of sulfonamides is 1. The summed E-state index contributed by atoms with van der Waals surface area (Å²) >= 11 is 0. The quantitative estimate of drug-likeness (QED) is 0.619. The molecule has 0 atom stereocenters. The Hall–Kier alpha value is -2.30. The summed E-state index contributed by atoms with van der Waals surface area (Å²) in [6.07, 6.45) is 1.20. The molecule has 0 aromatic heterocycles. The van der Waals surface area contributed by atoms with Crippen LogP contribution in [-0.4, -0.2) is 92.3 Å². The molecule has 0 spiro atoms. The zero-order valence-electron chi connectivity index (χ0n) is 15.1. The Balaban J connectivity index is 1.43. The summed E-state index contributed by atoms with van der Waals surface area (Å²) in [7, 11) is -3.16. The van der Waals surface area contributed by atoms with Gasteiger partial charge >= 0.3 is 0 Å². The lowest BCUT2D eigenvalue weighted by atomic mass is 10.1. The smallest absolute Gasteiger partial charge is 0.262 e. The average Bonchev–Trinajstić information content (AvgIpc) is 2.87. The summed E-state index contributed by atoms with van der Waals surface area (Å²) in [5.41, 5.74) is 0.637. The molecule has 0 radical (unpaired) electrons. The third-order valence-electron chi connectivity index (χ3n) is 4.73. The standard InChI is InChI=1S/C17H22N4O5S/c1-27(25,26)20-10-8-19(9-11-20)7-6-18-15(22)12-21-16(23)13-4-2-3-5-14(13)17(21)24/h2-5H,6-12H2,1H3,(H,18,22). The Morgan fingerprint density at radius 3 is 2.11 bits per heavy atom. The van der Waals surface area contributed by atoms with E-state index < -0.39 is 27.7 Å². The maximum absolute atomic E-state index is 12.2. The maximum Gasteiger partial charge on any atom is 0.262 e. The summed E-state index contributed by atoms with van der Waals surface area (Å²) in [5, 5.41) is 2.71. The van der Waals surface area contributed by atoms with Crippen molar-refractivity contribution in [2.75, 3.05) is 52.1 Å². The Labute approximate surface area is 158 Å². The van der Waals surface area contributed by atoms with Crippen LogP contribution in [0.2, 0.25) is 0 Å². The van der Waals surface area contributed by atoms with E-state index in [1.165, 1.54) is 10.6 Å². The number of amides is 3. The molecule has 9 nitrogen and oxygen atoms in total. The van der Waals surface area contributed by atoms with E-state index in [1.54, 1.807) is 24.3 Å². The fourth-order valence-corrected chi connectivity index (χ4v) is 4.05. The molecule has 1 N–H and O–H groups in total. The van der Waals surface area contributed by atoms with Gasteiger partial charge in [0.2, 0.25) is 15.9 Å². The zero-order valence-corrected chi connectivity index (χ0v) is 15.9. The highest BCUT2D eigenvalue weighted by Crippen LogP contribution is 2.21. The number of nitrogens with one attached hydrogen (secondary N) is 1. The van der Waals surface area contributed by atoms with E-state index in [0.29, 0.717) is 50.4 Å². The highest BCUT2D eigenvalue weighted by Gasteiger charge is 2.36. The van der Waals surface area contributed by atoms with Gasteiger partial charge in [-0.25, -0.2) is 8.42 Å². The van der Waals surface area contributed by atoms with Gasteiger partial charge in [-0.1, -0.05) is 12.1 Å². The summed E-state index contributed by atoms with van der Waals surface area (Å²) in [5.74, 6) is -1.32. The molecule has 10 heteroatoms. The predicted molar refractivity (Wildman–Crippen MR) is 97.7 cm³/mol. The second-order valence-electron chi connectivity index (χ2n) is 6.60. The van der Waals surface area contributed by atoms with Gasteiger partial charge < -0.3 is 5.32 Å². The largest absolute Gasteiger partial charge is 0.353 e. The molecule has 1 saturated heterocycles. The lowest BCUT2D eigenvalue weighted by molar-refractivity contribution is -0.121. The van der Waals surface area contributed by atoms with Crippen molar-refractivity contribution in [3.63, 3.8) is 0 Å². The number of hydrogen-bond acceptors (Lipinski definition) is 6. The summed E-state index contributed by atoms with van der Waals surface area (Å²) in [6.45, 7) is 2.69. The number of benzene rings is 1. The van der Waals surface area contributed by atoms with Crippen molar-refractivity contribution in [1.29, 1.82) is 0 Å². The summed E-state index contributed by atoms with van der Waals surface area (Å²) in [6, 6.07) is 6.50. The molecule has 1 fully saturated rings. The molecule has 3 rings (SSSR count). The molecule has 0 bridgehead atoms. The number of carbonyl (C=O) groups excluding carboxylic acids is 3. The summed E-state index contributed by atoms with van der Waals surface area (Å²) in [4.78, 5) is 39.6. The van der Waals surface area contributed by atoms with Crippen LogP contribution in [0.5, 0.6) is 0 Å². The molecule has 146 valence electrons. The normalized spacial score (nSPS) is 18.6. The van der Waals surface area contributed by atoms with Crippen molar-refractivity contribution < 1.29 is 22.8 Å². The van der Waals surface area contributed by atoms with Crippen molar-refractivity contribution in [2.24, 2.45) is 0 Å². The van der Waals surface area contributed by atoms with Crippen LogP contribution in [0.3, 0.4) is 0 Å². The zero-order chi connectivity index (χ0) is 19.6. The lowest BCUT2D eigenvalue weighted by Crippen LogP contribution is -2.50. The first kappa shape index (κ1) is 19.5. The molecule has 0 saturated carbocycles. The molecular formula is C17H22N4O5S. The van der Waals surface area contributed by atoms with Crippen LogP contribution in [0.4, 0.5) is 0 Å². The molecule has 2 aliphatic rings. The van der Waals surface area contributed by atoms with Crippen LogP contribution in [-0.2, 0) is 14.8 Å². The molecule has 2 aliphatic heterocycles. The van der Waals surface area contributed by atoms with E-state index in [-0.39, 0.29) is 6.54 Å². The van der Waals surface area contributed by atoms with Gasteiger partial charge in [0.15, 0.2) is 0 Å². The van der Waals surface area contributed by atoms with Gasteiger partial charge in [-0.3, -0.25) is 24.2 Å². The second-order valence-corrected chi connectivity index (χ2v) is 8.58. The monoisotopic (exact) mass is 394 g/mol. The number of rotatable bonds is 6. The summed E-state index contributed by atoms with van der Waals surface area (Å²) < 4.78 is 24.4. The number of nitrogens with zero attached hydrogens (tertiary/aromatic N) is 3. The third kappa shape index (κ3) is 4.34. The van der Waals surface area contributed by atoms with E-state index in [9.17, 15) is 22.8 Å². The molecule has 0 aliphatic carbocycles. The molecular weight excluding hydrogens is 372 g/mol. The minimum atomic E-state index is -3.16. The molecule has 1 aromatic rings. The SMILES string of the molecule is CS(=O)(=O)N1CCN(CCNC(=O)CN2C(=O)c3ccccc3C2=O)CC1. The Morgan fingerprint density at radius 1 is 1.04 bits per heavy atom. The molecule has 0 unspecified atom stereocenters. The van der Waals surface area contributed by atoms with E-state index in [1.807, 2.05) is 0 Å². The average molecular weight is 394 g/mol. The highest BCUT2D eigenvalue weighted by atomic mass is 32.2. The molecule has 3 amide bonds. The van der Waals surface area contributed by atoms with E-state index in [0.717, 1.165) is 4.90 Å². The van der Waals surface area contributed by atoms with E-state index >= 15 is 0 Å². The van der Waals surface area contributed by atoms with Gasteiger partial charge in [0.05, 0.1) is 17.4 Å². The van der Waals surface area contributed by atoms with Crippen LogP contribution < -0.4 is 5.32 Å². The van der Waals surface area contributed by atoms with Gasteiger partial charge in [0.25, 0.3) is 11.8 Å². The van der Waals surface area contributed by atoms with Crippen LogP contribution in [0.25, 0.3) is 0 Å². The van der Waals surface area contributed by atoms with Gasteiger partial charge in [-0.15, -0.1) is 0 Å². The minimum absolute atomic E-state index is 0.311. The van der Waals surface area contributed by atoms with Crippen molar-refractivity contribution in [2.45, 2.75) is 0 Å². The Bertz CT molecular complexity index is 827. The van der Waals surface area contributed by atoms with Crippen molar-refractivity contribution in [3.05, 3.63) is 35.4 Å². The number of imide groups is 1. The van der Waals surface area contributed by atoms with Crippen molar-refractivity contribution >= 4 is 27.7 Å². The first-order valence-electron chi connectivity index (χ1n) is 8.67. The van der Waals surface area contributed by atoms with Crippen molar-refractivity contribution in [1.82, 2.24) is 19.4 Å². The predicted octanol–water partition coefficient (Wildman–Crippen LogP) is -1.02. The maximum atomic E-state index is 12.2. The van der Waals surface area contributed by atoms with Gasteiger partial charge in [0.1, 0.15) is 6.54 Å². The second kappa shape index (κ2) is 7.75. The number of hydrogen-bond donors (Lipinski definition) is 1. The minimum Gasteiger partial charge on any atom is -0.353 e. The first-order chi connectivity index (χ1) is 12.8.